The van der Waals surface area contributed by atoms with Gasteiger partial charge in [0, 0.05) is 18.5 Å². The van der Waals surface area contributed by atoms with Crippen molar-refractivity contribution in [2.24, 2.45) is 0 Å². The van der Waals surface area contributed by atoms with Crippen LogP contribution < -0.4 is 10.1 Å². The summed E-state index contributed by atoms with van der Waals surface area (Å²) in [5, 5.41) is 7.65. The van der Waals surface area contributed by atoms with E-state index in [2.05, 4.69) is 5.32 Å². The van der Waals surface area contributed by atoms with Gasteiger partial charge in [-0.1, -0.05) is 42.5 Å². The molecule has 4 rings (SSSR count). The zero-order valence-electron chi connectivity index (χ0n) is 18.7. The number of rotatable bonds is 8. The van der Waals surface area contributed by atoms with Crippen LogP contribution >= 0.6 is 0 Å². The summed E-state index contributed by atoms with van der Waals surface area (Å²) in [5.74, 6) is 0.649. The minimum Gasteiger partial charge on any atom is -0.439 e. The van der Waals surface area contributed by atoms with Gasteiger partial charge in [-0.15, -0.1) is 0 Å². The van der Waals surface area contributed by atoms with Crippen molar-refractivity contribution in [3.63, 3.8) is 0 Å². The third-order valence-electron chi connectivity index (χ3n) is 5.35. The molecule has 5 nitrogen and oxygen atoms in total. The van der Waals surface area contributed by atoms with Crippen molar-refractivity contribution in [1.29, 1.82) is 0 Å². The lowest BCUT2D eigenvalue weighted by Crippen LogP contribution is -2.23. The Morgan fingerprint density at radius 1 is 1.00 bits per heavy atom. The number of amides is 1. The largest absolute Gasteiger partial charge is 0.439 e. The lowest BCUT2D eigenvalue weighted by molar-refractivity contribution is -0.121. The number of nitrogens with one attached hydrogen (secondary N) is 1. The van der Waals surface area contributed by atoms with Gasteiger partial charge >= 0.3 is 0 Å². The van der Waals surface area contributed by atoms with Gasteiger partial charge in [0.05, 0.1) is 11.4 Å². The molecular formula is C27H26FN3O2. The summed E-state index contributed by atoms with van der Waals surface area (Å²) in [7, 11) is 0. The summed E-state index contributed by atoms with van der Waals surface area (Å²) in [5.41, 5.74) is 4.63. The molecule has 0 aliphatic rings. The van der Waals surface area contributed by atoms with Gasteiger partial charge in [-0.2, -0.15) is 5.10 Å². The van der Waals surface area contributed by atoms with Crippen LogP contribution in [0.4, 0.5) is 4.39 Å². The summed E-state index contributed by atoms with van der Waals surface area (Å²) in [6, 6.07) is 23.6. The van der Waals surface area contributed by atoms with E-state index in [-0.39, 0.29) is 11.7 Å². The predicted molar refractivity (Wildman–Crippen MR) is 126 cm³/mol. The van der Waals surface area contributed by atoms with Gasteiger partial charge in [0.25, 0.3) is 0 Å². The predicted octanol–water partition coefficient (Wildman–Crippen LogP) is 5.67. The summed E-state index contributed by atoms with van der Waals surface area (Å²) in [4.78, 5) is 12.5. The first-order valence-corrected chi connectivity index (χ1v) is 10.9. The lowest BCUT2D eigenvalue weighted by atomic mass is 10.1. The molecule has 4 aromatic rings. The molecule has 3 aromatic carbocycles. The lowest BCUT2D eigenvalue weighted by Gasteiger charge is -2.12. The number of hydrogen-bond donors (Lipinski definition) is 1. The normalized spacial score (nSPS) is 10.8. The molecule has 0 atom stereocenters. The molecule has 1 aromatic heterocycles. The van der Waals surface area contributed by atoms with Crippen molar-refractivity contribution in [3.8, 4) is 17.3 Å². The van der Waals surface area contributed by atoms with E-state index in [1.165, 1.54) is 12.1 Å². The molecule has 0 radical (unpaired) electrons. The third kappa shape index (κ3) is 5.66. The maximum atomic E-state index is 13.4. The van der Waals surface area contributed by atoms with Crippen molar-refractivity contribution in [2.45, 2.75) is 33.2 Å². The molecule has 0 saturated heterocycles. The van der Waals surface area contributed by atoms with E-state index in [4.69, 9.17) is 9.84 Å². The van der Waals surface area contributed by atoms with Gasteiger partial charge in [0.15, 0.2) is 0 Å². The number of benzene rings is 3. The number of aryl methyl sites for hydroxylation is 2. The molecule has 0 fully saturated rings. The fraction of sp³-hybridized carbons (Fsp3) is 0.185. The molecule has 168 valence electrons. The molecule has 0 spiro atoms. The Morgan fingerprint density at radius 3 is 2.48 bits per heavy atom. The van der Waals surface area contributed by atoms with Crippen LogP contribution in [0, 0.1) is 19.7 Å². The monoisotopic (exact) mass is 443 g/mol. The van der Waals surface area contributed by atoms with Crippen LogP contribution in [0.3, 0.4) is 0 Å². The topological polar surface area (TPSA) is 56.2 Å². The zero-order chi connectivity index (χ0) is 23.2. The van der Waals surface area contributed by atoms with Crippen molar-refractivity contribution in [3.05, 3.63) is 107 Å². The van der Waals surface area contributed by atoms with Crippen LogP contribution in [0.25, 0.3) is 5.69 Å². The first kappa shape index (κ1) is 22.3. The molecule has 0 unspecified atom stereocenters. The molecule has 0 bridgehead atoms. The van der Waals surface area contributed by atoms with Crippen molar-refractivity contribution >= 4 is 5.91 Å². The van der Waals surface area contributed by atoms with Gasteiger partial charge in [-0.25, -0.2) is 9.07 Å². The SMILES string of the molecule is Cc1cccc(-n2nc(C)c(CCC(=O)NCc3ccccc3)c2Oc2ccc(F)cc2)c1. The number of hydrogen-bond acceptors (Lipinski definition) is 3. The molecule has 33 heavy (non-hydrogen) atoms. The van der Waals surface area contributed by atoms with Gasteiger partial charge in [-0.3, -0.25) is 4.79 Å². The summed E-state index contributed by atoms with van der Waals surface area (Å²) < 4.78 is 21.3. The minimum atomic E-state index is -0.332. The summed E-state index contributed by atoms with van der Waals surface area (Å²) >= 11 is 0. The molecule has 1 heterocycles. The van der Waals surface area contributed by atoms with Crippen molar-refractivity contribution in [1.82, 2.24) is 15.1 Å². The van der Waals surface area contributed by atoms with Crippen molar-refractivity contribution < 1.29 is 13.9 Å². The average Bonchev–Trinajstić information content (AvgIpc) is 3.13. The second-order valence-electron chi connectivity index (χ2n) is 7.94. The van der Waals surface area contributed by atoms with Crippen LogP contribution in [0.15, 0.2) is 78.9 Å². The van der Waals surface area contributed by atoms with Crippen LogP contribution in [0.2, 0.25) is 0 Å². The Balaban J connectivity index is 1.57. The van der Waals surface area contributed by atoms with Gasteiger partial charge in [0.2, 0.25) is 11.8 Å². The van der Waals surface area contributed by atoms with E-state index in [1.807, 2.05) is 68.4 Å². The van der Waals surface area contributed by atoms with E-state index >= 15 is 0 Å². The fourth-order valence-corrected chi connectivity index (χ4v) is 3.60. The zero-order valence-corrected chi connectivity index (χ0v) is 18.7. The number of nitrogens with zero attached hydrogens (tertiary/aromatic N) is 2. The molecule has 6 heteroatoms. The average molecular weight is 444 g/mol. The van der Waals surface area contributed by atoms with Crippen LogP contribution in [0.5, 0.6) is 11.6 Å². The Morgan fingerprint density at radius 2 is 1.76 bits per heavy atom. The number of halogens is 1. The van der Waals surface area contributed by atoms with E-state index in [0.717, 1.165) is 28.1 Å². The first-order valence-electron chi connectivity index (χ1n) is 10.9. The third-order valence-corrected chi connectivity index (χ3v) is 5.35. The number of carbonyl (C=O) groups is 1. The quantitative estimate of drug-likeness (QED) is 0.382. The second kappa shape index (κ2) is 10.1. The van der Waals surface area contributed by atoms with E-state index in [0.29, 0.717) is 31.0 Å². The highest BCUT2D eigenvalue weighted by atomic mass is 19.1. The second-order valence-corrected chi connectivity index (χ2v) is 7.94. The Labute approximate surface area is 192 Å². The van der Waals surface area contributed by atoms with Crippen LogP contribution in [-0.4, -0.2) is 15.7 Å². The number of carbonyl (C=O) groups excluding carboxylic acids is 1. The Hall–Kier alpha value is -3.93. The maximum absolute atomic E-state index is 13.4. The summed E-state index contributed by atoms with van der Waals surface area (Å²) in [6.45, 7) is 4.40. The molecular weight excluding hydrogens is 417 g/mol. The highest BCUT2D eigenvalue weighted by molar-refractivity contribution is 5.76. The Bertz CT molecular complexity index is 1230. The minimum absolute atomic E-state index is 0.0470. The molecule has 0 saturated carbocycles. The van der Waals surface area contributed by atoms with Gasteiger partial charge in [0.1, 0.15) is 11.6 Å². The van der Waals surface area contributed by atoms with Crippen LogP contribution in [-0.2, 0) is 17.8 Å². The van der Waals surface area contributed by atoms with E-state index < -0.39 is 0 Å². The summed E-state index contributed by atoms with van der Waals surface area (Å²) in [6.07, 6.45) is 0.766. The van der Waals surface area contributed by atoms with Gasteiger partial charge < -0.3 is 10.1 Å². The van der Waals surface area contributed by atoms with E-state index in [9.17, 15) is 9.18 Å². The Kier molecular flexibility index (Phi) is 6.83. The van der Waals surface area contributed by atoms with Crippen molar-refractivity contribution in [2.75, 3.05) is 0 Å². The highest BCUT2D eigenvalue weighted by Crippen LogP contribution is 2.31. The standard InChI is InChI=1S/C27H26FN3O2/c1-19-7-6-10-23(17-19)31-27(33-24-13-11-22(28)12-14-24)25(20(2)30-31)15-16-26(32)29-18-21-8-4-3-5-9-21/h3-14,17H,15-16,18H2,1-2H3,(H,29,32). The van der Waals surface area contributed by atoms with Crippen LogP contribution in [0.1, 0.15) is 28.8 Å². The smallest absolute Gasteiger partial charge is 0.226 e. The van der Waals surface area contributed by atoms with Gasteiger partial charge in [-0.05, 0) is 67.8 Å². The number of ether oxygens (including phenoxy) is 1. The highest BCUT2D eigenvalue weighted by Gasteiger charge is 2.20. The number of aromatic nitrogens is 2. The molecule has 1 amide bonds. The molecule has 0 aliphatic heterocycles. The first-order chi connectivity index (χ1) is 16.0. The fourth-order valence-electron chi connectivity index (χ4n) is 3.60. The molecule has 1 N–H and O–H groups in total. The maximum Gasteiger partial charge on any atom is 0.226 e. The van der Waals surface area contributed by atoms with E-state index in [1.54, 1.807) is 16.8 Å². The molecule has 0 aliphatic carbocycles.